The van der Waals surface area contributed by atoms with E-state index >= 15 is 0 Å². The van der Waals surface area contributed by atoms with Crippen LogP contribution in [0.2, 0.25) is 0 Å². The predicted octanol–water partition coefficient (Wildman–Crippen LogP) is 2.60. The Labute approximate surface area is 183 Å². The minimum Gasteiger partial charge on any atom is -0.486 e. The molecule has 5 rings (SSSR count). The van der Waals surface area contributed by atoms with E-state index in [4.69, 9.17) is 9.47 Å². The first-order valence-electron chi connectivity index (χ1n) is 10.6. The number of anilines is 3. The molecule has 0 atom stereocenters. The van der Waals surface area contributed by atoms with Gasteiger partial charge in [0, 0.05) is 31.3 Å². The lowest BCUT2D eigenvalue weighted by Gasteiger charge is -2.21. The summed E-state index contributed by atoms with van der Waals surface area (Å²) in [7, 11) is 1.74. The van der Waals surface area contributed by atoms with Crippen LogP contribution in [0.15, 0.2) is 24.4 Å². The Morgan fingerprint density at radius 2 is 2.00 bits per heavy atom. The summed E-state index contributed by atoms with van der Waals surface area (Å²) in [5.41, 5.74) is 6.91. The van der Waals surface area contributed by atoms with Gasteiger partial charge in [-0.2, -0.15) is 9.61 Å². The number of halogens is 1. The van der Waals surface area contributed by atoms with Crippen molar-refractivity contribution in [3.63, 3.8) is 0 Å². The van der Waals surface area contributed by atoms with Crippen LogP contribution in [-0.2, 0) is 0 Å². The van der Waals surface area contributed by atoms with Crippen molar-refractivity contribution in [2.45, 2.75) is 31.7 Å². The highest BCUT2D eigenvalue weighted by molar-refractivity contribution is 5.99. The van der Waals surface area contributed by atoms with Crippen LogP contribution in [0, 0.1) is 5.82 Å². The van der Waals surface area contributed by atoms with Gasteiger partial charge in [0.05, 0.1) is 11.9 Å². The fourth-order valence-electron chi connectivity index (χ4n) is 4.02. The minimum atomic E-state index is -0.464. The van der Waals surface area contributed by atoms with Crippen molar-refractivity contribution in [3.8, 4) is 11.5 Å². The molecule has 0 radical (unpaired) electrons. The summed E-state index contributed by atoms with van der Waals surface area (Å²) in [5.74, 6) is 0.950. The Kier molecular flexibility index (Phi) is 5.39. The average Bonchev–Trinajstić information content (AvgIpc) is 3.47. The molecule has 10 nitrogen and oxygen atoms in total. The lowest BCUT2D eigenvalue weighted by atomic mass is 10.2. The van der Waals surface area contributed by atoms with Crippen molar-refractivity contribution >= 4 is 28.9 Å². The van der Waals surface area contributed by atoms with Crippen LogP contribution in [0.25, 0.3) is 5.65 Å². The number of aromatic nitrogens is 3. The van der Waals surface area contributed by atoms with Crippen molar-refractivity contribution in [1.29, 1.82) is 0 Å². The number of rotatable bonds is 6. The van der Waals surface area contributed by atoms with Crippen molar-refractivity contribution in [1.82, 2.24) is 25.4 Å². The van der Waals surface area contributed by atoms with Crippen LogP contribution < -0.4 is 31.0 Å². The standard InChI is InChI=1S/C21H24FN7O3/c1-23-18-10-17(25-15-8-12(22)9-16-19(15)32-7-6-31-16)26-20-14(11-24-29(18)20)21(30)28-27-13-4-2-3-5-13/h8-11,13,23,27H,2-7H2,1H3,(H,25,26)(H,28,30). The van der Waals surface area contributed by atoms with E-state index in [1.807, 2.05) is 0 Å². The smallest absolute Gasteiger partial charge is 0.270 e. The summed E-state index contributed by atoms with van der Waals surface area (Å²) in [6.45, 7) is 0.718. The highest BCUT2D eigenvalue weighted by Crippen LogP contribution is 2.40. The number of fused-ring (bicyclic) bond motifs is 2. The third kappa shape index (κ3) is 3.86. The zero-order valence-electron chi connectivity index (χ0n) is 17.6. The Hall–Kier alpha value is -3.60. The first kappa shape index (κ1) is 20.3. The first-order chi connectivity index (χ1) is 15.6. The molecule has 0 saturated heterocycles. The average molecular weight is 441 g/mol. The number of carbonyl (C=O) groups excluding carboxylic acids is 1. The topological polar surface area (TPSA) is 114 Å². The quantitative estimate of drug-likeness (QED) is 0.432. The number of hydrogen-bond donors (Lipinski definition) is 4. The van der Waals surface area contributed by atoms with Crippen LogP contribution in [0.3, 0.4) is 0 Å². The number of hydrogen-bond acceptors (Lipinski definition) is 8. The molecule has 0 spiro atoms. The molecule has 3 heterocycles. The maximum Gasteiger partial charge on any atom is 0.270 e. The van der Waals surface area contributed by atoms with Gasteiger partial charge in [-0.25, -0.2) is 14.8 Å². The fourth-order valence-corrected chi connectivity index (χ4v) is 4.02. The zero-order chi connectivity index (χ0) is 22.1. The van der Waals surface area contributed by atoms with Gasteiger partial charge in [0.2, 0.25) is 0 Å². The molecule has 1 aromatic carbocycles. The van der Waals surface area contributed by atoms with Crippen molar-refractivity contribution in [2.75, 3.05) is 30.9 Å². The van der Waals surface area contributed by atoms with Gasteiger partial charge in [-0.3, -0.25) is 10.2 Å². The molecule has 168 valence electrons. The van der Waals surface area contributed by atoms with Gasteiger partial charge in [0.25, 0.3) is 5.91 Å². The monoisotopic (exact) mass is 441 g/mol. The molecule has 11 heteroatoms. The van der Waals surface area contributed by atoms with Crippen molar-refractivity contribution < 1.29 is 18.7 Å². The molecule has 2 aromatic heterocycles. The lowest BCUT2D eigenvalue weighted by Crippen LogP contribution is -2.43. The van der Waals surface area contributed by atoms with Gasteiger partial charge in [-0.1, -0.05) is 12.8 Å². The van der Waals surface area contributed by atoms with Gasteiger partial charge in [-0.05, 0) is 12.8 Å². The second-order valence-electron chi connectivity index (χ2n) is 7.75. The normalized spacial score (nSPS) is 15.7. The van der Waals surface area contributed by atoms with Gasteiger partial charge in [0.1, 0.15) is 36.2 Å². The van der Waals surface area contributed by atoms with Crippen LogP contribution in [0.5, 0.6) is 11.5 Å². The highest BCUT2D eigenvalue weighted by atomic mass is 19.1. The van der Waals surface area contributed by atoms with Gasteiger partial charge in [-0.15, -0.1) is 0 Å². The zero-order valence-corrected chi connectivity index (χ0v) is 17.6. The van der Waals surface area contributed by atoms with E-state index in [1.165, 1.54) is 22.8 Å². The molecular formula is C21H24FN7O3. The Morgan fingerprint density at radius 3 is 2.81 bits per heavy atom. The number of hydrazine groups is 1. The van der Waals surface area contributed by atoms with E-state index in [1.54, 1.807) is 13.1 Å². The molecule has 2 aliphatic rings. The first-order valence-corrected chi connectivity index (χ1v) is 10.6. The van der Waals surface area contributed by atoms with E-state index in [-0.39, 0.29) is 11.9 Å². The second kappa shape index (κ2) is 8.50. The van der Waals surface area contributed by atoms with E-state index in [9.17, 15) is 9.18 Å². The van der Waals surface area contributed by atoms with Gasteiger partial charge in [0.15, 0.2) is 17.1 Å². The number of amides is 1. The number of nitrogens with one attached hydrogen (secondary N) is 4. The SMILES string of the molecule is CNc1cc(Nc2cc(F)cc3c2OCCO3)nc2c(C(=O)NNC3CCCC3)cnn12. The largest absolute Gasteiger partial charge is 0.486 e. The third-order valence-corrected chi connectivity index (χ3v) is 5.59. The second-order valence-corrected chi connectivity index (χ2v) is 7.75. The number of carbonyl (C=O) groups is 1. The Balaban J connectivity index is 1.46. The summed E-state index contributed by atoms with van der Waals surface area (Å²) < 4.78 is 26.8. The summed E-state index contributed by atoms with van der Waals surface area (Å²) in [6.07, 6.45) is 5.86. The molecule has 4 N–H and O–H groups in total. The molecule has 32 heavy (non-hydrogen) atoms. The summed E-state index contributed by atoms with van der Waals surface area (Å²) in [4.78, 5) is 17.3. The van der Waals surface area contributed by atoms with E-state index in [0.717, 1.165) is 25.7 Å². The summed E-state index contributed by atoms with van der Waals surface area (Å²) in [6, 6.07) is 4.58. The number of ether oxygens (including phenoxy) is 2. The number of nitrogens with zero attached hydrogens (tertiary/aromatic N) is 3. The fraction of sp³-hybridized carbons (Fsp3) is 0.381. The maximum atomic E-state index is 14.1. The summed E-state index contributed by atoms with van der Waals surface area (Å²) >= 11 is 0. The molecule has 0 bridgehead atoms. The molecule has 0 unspecified atom stereocenters. The van der Waals surface area contributed by atoms with Crippen molar-refractivity contribution in [2.24, 2.45) is 0 Å². The number of benzene rings is 1. The lowest BCUT2D eigenvalue weighted by molar-refractivity contribution is 0.0926. The van der Waals surface area contributed by atoms with E-state index < -0.39 is 5.82 Å². The summed E-state index contributed by atoms with van der Waals surface area (Å²) in [5, 5.41) is 10.4. The minimum absolute atomic E-state index is 0.278. The Bertz CT molecular complexity index is 1160. The van der Waals surface area contributed by atoms with Crippen LogP contribution >= 0.6 is 0 Å². The molecular weight excluding hydrogens is 417 g/mol. The van der Waals surface area contributed by atoms with Crippen LogP contribution in [0.1, 0.15) is 36.0 Å². The Morgan fingerprint density at radius 1 is 1.19 bits per heavy atom. The highest BCUT2D eigenvalue weighted by Gasteiger charge is 2.22. The third-order valence-electron chi connectivity index (χ3n) is 5.59. The molecule has 1 fully saturated rings. The predicted molar refractivity (Wildman–Crippen MR) is 116 cm³/mol. The van der Waals surface area contributed by atoms with E-state index in [0.29, 0.717) is 53.2 Å². The van der Waals surface area contributed by atoms with Crippen molar-refractivity contribution in [3.05, 3.63) is 35.8 Å². The maximum absolute atomic E-state index is 14.1. The molecule has 1 aliphatic heterocycles. The van der Waals surface area contributed by atoms with Crippen LogP contribution in [-0.4, -0.2) is 46.8 Å². The molecule has 3 aromatic rings. The molecule has 1 aliphatic carbocycles. The van der Waals surface area contributed by atoms with E-state index in [2.05, 4.69) is 31.6 Å². The molecule has 1 saturated carbocycles. The van der Waals surface area contributed by atoms with Crippen LogP contribution in [0.4, 0.5) is 21.7 Å². The van der Waals surface area contributed by atoms with Gasteiger partial charge < -0.3 is 20.1 Å². The van der Waals surface area contributed by atoms with Gasteiger partial charge >= 0.3 is 0 Å². The molecule has 1 amide bonds.